The van der Waals surface area contributed by atoms with E-state index in [1.807, 2.05) is 11.3 Å². The largest absolute Gasteiger partial charge is 0.314 e. The Hall–Kier alpha value is 0.580. The van der Waals surface area contributed by atoms with Gasteiger partial charge in [-0.05, 0) is 50.3 Å². The van der Waals surface area contributed by atoms with Crippen molar-refractivity contribution in [1.82, 2.24) is 10.2 Å². The summed E-state index contributed by atoms with van der Waals surface area (Å²) in [6.07, 6.45) is 1.24. The zero-order chi connectivity index (χ0) is 13.1. The van der Waals surface area contributed by atoms with Crippen molar-refractivity contribution in [1.29, 1.82) is 0 Å². The highest BCUT2D eigenvalue weighted by molar-refractivity contribution is 9.13. The van der Waals surface area contributed by atoms with Gasteiger partial charge in [0, 0.05) is 41.6 Å². The topological polar surface area (TPSA) is 15.3 Å². The number of halogens is 2. The fourth-order valence-corrected chi connectivity index (χ4v) is 4.65. The fraction of sp³-hybridized carbons (Fsp3) is 0.692. The van der Waals surface area contributed by atoms with E-state index < -0.39 is 0 Å². The monoisotopic (exact) mass is 394 g/mol. The van der Waals surface area contributed by atoms with E-state index in [2.05, 4.69) is 62.0 Å². The average molecular weight is 396 g/mol. The van der Waals surface area contributed by atoms with Crippen LogP contribution in [0.15, 0.2) is 14.3 Å². The molecule has 1 aromatic heterocycles. The first kappa shape index (κ1) is 15.0. The maximum absolute atomic E-state index is 3.62. The van der Waals surface area contributed by atoms with E-state index in [0.29, 0.717) is 6.04 Å². The summed E-state index contributed by atoms with van der Waals surface area (Å²) in [6.45, 7) is 9.17. The Kier molecular flexibility index (Phi) is 5.69. The second-order valence-electron chi connectivity index (χ2n) is 5.20. The van der Waals surface area contributed by atoms with Gasteiger partial charge in [-0.15, -0.1) is 11.3 Å². The summed E-state index contributed by atoms with van der Waals surface area (Å²) in [5.74, 6) is 0.726. The molecule has 1 aliphatic heterocycles. The molecule has 0 bridgehead atoms. The molecule has 102 valence electrons. The van der Waals surface area contributed by atoms with Gasteiger partial charge in [0.05, 0.1) is 3.79 Å². The van der Waals surface area contributed by atoms with Gasteiger partial charge in [-0.2, -0.15) is 0 Å². The molecule has 1 aromatic rings. The molecule has 2 rings (SSSR count). The van der Waals surface area contributed by atoms with Crippen LogP contribution in [0.25, 0.3) is 0 Å². The highest BCUT2D eigenvalue weighted by Gasteiger charge is 2.25. The molecule has 0 saturated carbocycles. The highest BCUT2D eigenvalue weighted by Crippen LogP contribution is 2.39. The molecule has 0 aromatic carbocycles. The molecule has 1 fully saturated rings. The van der Waals surface area contributed by atoms with Gasteiger partial charge in [-0.3, -0.25) is 4.90 Å². The molecule has 0 spiro atoms. The molecule has 0 unspecified atom stereocenters. The smallest absolute Gasteiger partial charge is 0.0843 e. The second-order valence-corrected chi connectivity index (χ2v) is 8.46. The van der Waals surface area contributed by atoms with Crippen molar-refractivity contribution < 1.29 is 0 Å². The lowest BCUT2D eigenvalue weighted by Gasteiger charge is -2.35. The van der Waals surface area contributed by atoms with Gasteiger partial charge in [0.1, 0.15) is 0 Å². The molecule has 2 heterocycles. The van der Waals surface area contributed by atoms with Gasteiger partial charge in [0.2, 0.25) is 0 Å². The standard InChI is InChI=1S/C13H20Br2N2S/c1-9(2)7-11(17-5-3-16-4-6-17)12-8-10(14)13(15)18-12/h8-9,11,16H,3-7H2,1-2H3/t11-/m1/s1. The van der Waals surface area contributed by atoms with Crippen LogP contribution in [0.1, 0.15) is 31.2 Å². The number of thiophene rings is 1. The fourth-order valence-electron chi connectivity index (χ4n) is 2.41. The minimum Gasteiger partial charge on any atom is -0.314 e. The van der Waals surface area contributed by atoms with Crippen molar-refractivity contribution >= 4 is 43.2 Å². The highest BCUT2D eigenvalue weighted by atomic mass is 79.9. The third kappa shape index (κ3) is 3.79. The van der Waals surface area contributed by atoms with Crippen LogP contribution >= 0.6 is 43.2 Å². The van der Waals surface area contributed by atoms with E-state index in [-0.39, 0.29) is 0 Å². The third-order valence-corrected chi connectivity index (χ3v) is 6.64. The summed E-state index contributed by atoms with van der Waals surface area (Å²) >= 11 is 9.09. The minimum absolute atomic E-state index is 0.569. The Morgan fingerprint density at radius 1 is 1.33 bits per heavy atom. The molecule has 0 amide bonds. The van der Waals surface area contributed by atoms with Crippen LogP contribution < -0.4 is 5.32 Å². The summed E-state index contributed by atoms with van der Waals surface area (Å²) in [5.41, 5.74) is 0. The van der Waals surface area contributed by atoms with E-state index in [1.54, 1.807) is 0 Å². The van der Waals surface area contributed by atoms with E-state index in [0.717, 1.165) is 32.1 Å². The van der Waals surface area contributed by atoms with Crippen molar-refractivity contribution in [2.24, 2.45) is 5.92 Å². The number of nitrogens with zero attached hydrogens (tertiary/aromatic N) is 1. The number of nitrogens with one attached hydrogen (secondary N) is 1. The Balaban J connectivity index is 2.17. The van der Waals surface area contributed by atoms with Crippen LogP contribution in [0.3, 0.4) is 0 Å². The third-order valence-electron chi connectivity index (χ3n) is 3.28. The number of piperazine rings is 1. The lowest BCUT2D eigenvalue weighted by Crippen LogP contribution is -2.45. The van der Waals surface area contributed by atoms with Crippen LogP contribution in [-0.4, -0.2) is 31.1 Å². The summed E-state index contributed by atoms with van der Waals surface area (Å²) < 4.78 is 2.40. The molecule has 0 aliphatic carbocycles. The molecule has 1 aliphatic rings. The predicted molar refractivity (Wildman–Crippen MR) is 86.4 cm³/mol. The quantitative estimate of drug-likeness (QED) is 0.818. The van der Waals surface area contributed by atoms with Gasteiger partial charge in [-0.1, -0.05) is 13.8 Å². The molecule has 5 heteroatoms. The van der Waals surface area contributed by atoms with Crippen LogP contribution in [0.5, 0.6) is 0 Å². The van der Waals surface area contributed by atoms with E-state index >= 15 is 0 Å². The molecule has 2 nitrogen and oxygen atoms in total. The van der Waals surface area contributed by atoms with Crippen molar-refractivity contribution in [2.45, 2.75) is 26.3 Å². The molecule has 18 heavy (non-hydrogen) atoms. The lowest BCUT2D eigenvalue weighted by molar-refractivity contribution is 0.156. The lowest BCUT2D eigenvalue weighted by atomic mass is 10.0. The molecular weight excluding hydrogens is 376 g/mol. The Labute approximate surface area is 130 Å². The van der Waals surface area contributed by atoms with Gasteiger partial charge >= 0.3 is 0 Å². The first-order chi connectivity index (χ1) is 8.58. The SMILES string of the molecule is CC(C)C[C@H](c1cc(Br)c(Br)s1)N1CCNCC1. The van der Waals surface area contributed by atoms with Gasteiger partial charge in [-0.25, -0.2) is 0 Å². The maximum atomic E-state index is 3.62. The predicted octanol–water partition coefficient (Wildman–Crippen LogP) is 4.27. The Morgan fingerprint density at radius 3 is 2.50 bits per heavy atom. The normalized spacial score (nSPS) is 19.4. The molecule has 1 N–H and O–H groups in total. The van der Waals surface area contributed by atoms with E-state index in [9.17, 15) is 0 Å². The molecule has 0 radical (unpaired) electrons. The average Bonchev–Trinajstić information content (AvgIpc) is 2.67. The van der Waals surface area contributed by atoms with Gasteiger partial charge in [0.15, 0.2) is 0 Å². The summed E-state index contributed by atoms with van der Waals surface area (Å²) in [7, 11) is 0. The summed E-state index contributed by atoms with van der Waals surface area (Å²) in [4.78, 5) is 4.10. The minimum atomic E-state index is 0.569. The van der Waals surface area contributed by atoms with Crippen LogP contribution in [0.4, 0.5) is 0 Å². The van der Waals surface area contributed by atoms with Crippen LogP contribution in [0.2, 0.25) is 0 Å². The molecule has 1 atom stereocenters. The van der Waals surface area contributed by atoms with Crippen molar-refractivity contribution in [3.05, 3.63) is 19.2 Å². The zero-order valence-corrected chi connectivity index (χ0v) is 14.9. The second kappa shape index (κ2) is 6.84. The molecular formula is C13H20Br2N2S. The van der Waals surface area contributed by atoms with Gasteiger partial charge in [0.25, 0.3) is 0 Å². The Bertz CT molecular complexity index is 367. The van der Waals surface area contributed by atoms with Crippen molar-refractivity contribution in [2.75, 3.05) is 26.2 Å². The van der Waals surface area contributed by atoms with Crippen molar-refractivity contribution in [3.63, 3.8) is 0 Å². The Morgan fingerprint density at radius 2 is 2.00 bits per heavy atom. The first-order valence-electron chi connectivity index (χ1n) is 6.47. The van der Waals surface area contributed by atoms with E-state index in [4.69, 9.17) is 0 Å². The summed E-state index contributed by atoms with van der Waals surface area (Å²) in [5, 5.41) is 3.43. The number of hydrogen-bond donors (Lipinski definition) is 1. The zero-order valence-electron chi connectivity index (χ0n) is 10.9. The molecule has 1 saturated heterocycles. The first-order valence-corrected chi connectivity index (χ1v) is 8.87. The number of hydrogen-bond acceptors (Lipinski definition) is 3. The van der Waals surface area contributed by atoms with Crippen molar-refractivity contribution in [3.8, 4) is 0 Å². The maximum Gasteiger partial charge on any atom is 0.0843 e. The van der Waals surface area contributed by atoms with Gasteiger partial charge < -0.3 is 5.32 Å². The number of rotatable bonds is 4. The van der Waals surface area contributed by atoms with Crippen LogP contribution in [-0.2, 0) is 0 Å². The van der Waals surface area contributed by atoms with E-state index in [1.165, 1.54) is 19.6 Å². The summed E-state index contributed by atoms with van der Waals surface area (Å²) in [6, 6.07) is 2.85. The van der Waals surface area contributed by atoms with Crippen LogP contribution in [0, 0.1) is 5.92 Å².